The minimum atomic E-state index is -0.472. The second-order valence-electron chi connectivity index (χ2n) is 6.65. The Bertz CT molecular complexity index is 988. The maximum atomic E-state index is 14.0. The summed E-state index contributed by atoms with van der Waals surface area (Å²) in [6.07, 6.45) is 0. The van der Waals surface area contributed by atoms with E-state index in [1.807, 2.05) is 24.3 Å². The van der Waals surface area contributed by atoms with E-state index < -0.39 is 11.1 Å². The summed E-state index contributed by atoms with van der Waals surface area (Å²) in [7, 11) is 0. The molecule has 3 N–H and O–H groups in total. The van der Waals surface area contributed by atoms with E-state index in [1.165, 1.54) is 10.7 Å². The van der Waals surface area contributed by atoms with Gasteiger partial charge in [0.25, 0.3) is 0 Å². The summed E-state index contributed by atoms with van der Waals surface area (Å²) in [6.45, 7) is 5.91. The highest BCUT2D eigenvalue weighted by Crippen LogP contribution is 2.28. The Hall–Kier alpha value is -2.87. The molecule has 6 nitrogen and oxygen atoms in total. The number of halogens is 1. The summed E-state index contributed by atoms with van der Waals surface area (Å²) in [5.41, 5.74) is 2.11. The van der Waals surface area contributed by atoms with Crippen molar-refractivity contribution in [1.29, 1.82) is 0 Å². The number of anilines is 1. The van der Waals surface area contributed by atoms with Crippen molar-refractivity contribution in [2.75, 3.05) is 11.2 Å². The molecule has 0 saturated heterocycles. The highest BCUT2D eigenvalue weighted by Gasteiger charge is 2.22. The van der Waals surface area contributed by atoms with Crippen LogP contribution in [0.2, 0.25) is 0 Å². The molecule has 0 spiro atoms. The van der Waals surface area contributed by atoms with E-state index in [9.17, 15) is 9.18 Å². The number of benzene rings is 2. The number of hydrogen-bond donors (Lipinski definition) is 2. The van der Waals surface area contributed by atoms with Crippen molar-refractivity contribution < 1.29 is 9.18 Å². The van der Waals surface area contributed by atoms with Gasteiger partial charge < -0.3 is 11.2 Å². The first-order chi connectivity index (χ1) is 13.4. The van der Waals surface area contributed by atoms with Crippen LogP contribution < -0.4 is 11.2 Å². The summed E-state index contributed by atoms with van der Waals surface area (Å²) in [5, 5.41) is 10.8. The lowest BCUT2D eigenvalue weighted by Gasteiger charge is -2.16. The third kappa shape index (κ3) is 4.17. The van der Waals surface area contributed by atoms with Crippen LogP contribution in [0.15, 0.2) is 53.7 Å². The molecule has 0 aliphatic carbocycles. The van der Waals surface area contributed by atoms with Crippen LogP contribution in [0, 0.1) is 5.82 Å². The molecule has 0 saturated carbocycles. The predicted molar refractivity (Wildman–Crippen MR) is 110 cm³/mol. The molecule has 28 heavy (non-hydrogen) atoms. The average Bonchev–Trinajstić information content (AvgIpc) is 3.02. The van der Waals surface area contributed by atoms with Crippen LogP contribution in [-0.2, 0) is 4.79 Å². The summed E-state index contributed by atoms with van der Waals surface area (Å²) in [4.78, 5) is 12.6. The largest absolute Gasteiger partial charge is 0.335 e. The molecule has 1 atom stereocenters. The molecular formula is C20H22FN5OS. The highest BCUT2D eigenvalue weighted by atomic mass is 32.2. The Labute approximate surface area is 167 Å². The number of carbonyl (C=O) groups is 1. The van der Waals surface area contributed by atoms with Gasteiger partial charge in [0.15, 0.2) is 5.82 Å². The molecule has 1 aromatic heterocycles. The number of rotatable bonds is 6. The van der Waals surface area contributed by atoms with Gasteiger partial charge in [0.1, 0.15) is 5.82 Å². The van der Waals surface area contributed by atoms with Gasteiger partial charge in [0.2, 0.25) is 11.1 Å². The molecule has 0 aliphatic rings. The van der Waals surface area contributed by atoms with Crippen LogP contribution in [0.25, 0.3) is 11.4 Å². The van der Waals surface area contributed by atoms with E-state index in [0.29, 0.717) is 5.16 Å². The van der Waals surface area contributed by atoms with Gasteiger partial charge in [-0.2, -0.15) is 0 Å². The first-order valence-corrected chi connectivity index (χ1v) is 9.78. The number of nitrogen functional groups attached to an aromatic ring is 1. The summed E-state index contributed by atoms with van der Waals surface area (Å²) < 4.78 is 15.2. The number of aromatic nitrogens is 3. The van der Waals surface area contributed by atoms with Crippen molar-refractivity contribution in [1.82, 2.24) is 14.9 Å². The topological polar surface area (TPSA) is 85.8 Å². The fraction of sp³-hybridized carbons (Fsp3) is 0.250. The lowest BCUT2D eigenvalue weighted by molar-refractivity contribution is -0.115. The van der Waals surface area contributed by atoms with Gasteiger partial charge in [0, 0.05) is 5.69 Å². The zero-order chi connectivity index (χ0) is 20.3. The second-order valence-corrected chi connectivity index (χ2v) is 7.96. The Morgan fingerprint density at radius 1 is 1.11 bits per heavy atom. The number of nitrogens with two attached hydrogens (primary N) is 1. The third-order valence-corrected chi connectivity index (χ3v) is 5.33. The van der Waals surface area contributed by atoms with E-state index in [1.54, 1.807) is 25.1 Å². The summed E-state index contributed by atoms with van der Waals surface area (Å²) in [5.74, 6) is 5.93. The van der Waals surface area contributed by atoms with Gasteiger partial charge in [-0.3, -0.25) is 4.79 Å². The van der Waals surface area contributed by atoms with Gasteiger partial charge in [-0.05, 0) is 36.6 Å². The van der Waals surface area contributed by atoms with E-state index >= 15 is 0 Å². The fourth-order valence-corrected chi connectivity index (χ4v) is 3.51. The standard InChI is InChI=1S/C20H22FN5OS/c1-12(2)14-8-5-7-11-17(14)23-19(27)13(3)28-20-25-24-18(26(20)22)15-9-4-6-10-16(15)21/h4-13H,22H2,1-3H3,(H,23,27)/t13-/m1/s1. The minimum Gasteiger partial charge on any atom is -0.335 e. The van der Waals surface area contributed by atoms with Gasteiger partial charge in [0.05, 0.1) is 10.8 Å². The van der Waals surface area contributed by atoms with E-state index in [0.717, 1.165) is 23.0 Å². The molecule has 0 bridgehead atoms. The number of hydrogen-bond acceptors (Lipinski definition) is 5. The number of thioether (sulfide) groups is 1. The molecule has 1 amide bonds. The summed E-state index contributed by atoms with van der Waals surface area (Å²) >= 11 is 1.16. The number of amides is 1. The van der Waals surface area contributed by atoms with Crippen LogP contribution in [0.4, 0.5) is 10.1 Å². The monoisotopic (exact) mass is 399 g/mol. The molecular weight excluding hydrogens is 377 g/mol. The molecule has 0 aliphatic heterocycles. The molecule has 0 unspecified atom stereocenters. The van der Waals surface area contributed by atoms with Crippen molar-refractivity contribution in [2.24, 2.45) is 0 Å². The number of nitrogens with zero attached hydrogens (tertiary/aromatic N) is 3. The quantitative estimate of drug-likeness (QED) is 0.483. The van der Waals surface area contributed by atoms with Gasteiger partial charge in [-0.15, -0.1) is 10.2 Å². The Balaban J connectivity index is 1.74. The Kier molecular flexibility index (Phi) is 5.99. The second kappa shape index (κ2) is 8.43. The average molecular weight is 399 g/mol. The first kappa shape index (κ1) is 19.9. The smallest absolute Gasteiger partial charge is 0.237 e. The Morgan fingerprint density at radius 3 is 2.50 bits per heavy atom. The Morgan fingerprint density at radius 2 is 1.79 bits per heavy atom. The van der Waals surface area contributed by atoms with Crippen molar-refractivity contribution in [3.63, 3.8) is 0 Å². The van der Waals surface area contributed by atoms with Crippen LogP contribution in [0.3, 0.4) is 0 Å². The van der Waals surface area contributed by atoms with E-state index in [-0.39, 0.29) is 23.2 Å². The number of para-hydroxylation sites is 1. The molecule has 8 heteroatoms. The molecule has 0 fully saturated rings. The lowest BCUT2D eigenvalue weighted by Crippen LogP contribution is -2.24. The van der Waals surface area contributed by atoms with Crippen molar-refractivity contribution in [3.8, 4) is 11.4 Å². The van der Waals surface area contributed by atoms with Gasteiger partial charge in [-0.25, -0.2) is 9.07 Å². The SMILES string of the molecule is CC(C)c1ccccc1NC(=O)[C@@H](C)Sc1nnc(-c2ccccc2F)n1N. The molecule has 1 heterocycles. The van der Waals surface area contributed by atoms with Crippen molar-refractivity contribution in [2.45, 2.75) is 37.1 Å². The normalized spacial score (nSPS) is 12.2. The zero-order valence-corrected chi connectivity index (χ0v) is 16.7. The molecule has 3 aromatic rings. The van der Waals surface area contributed by atoms with Gasteiger partial charge in [-0.1, -0.05) is 55.9 Å². The number of nitrogens with one attached hydrogen (secondary N) is 1. The third-order valence-electron chi connectivity index (χ3n) is 4.27. The van der Waals surface area contributed by atoms with Crippen LogP contribution in [0.1, 0.15) is 32.3 Å². The minimum absolute atomic E-state index is 0.173. The molecule has 146 valence electrons. The van der Waals surface area contributed by atoms with E-state index in [2.05, 4.69) is 29.4 Å². The molecule has 3 rings (SSSR count). The van der Waals surface area contributed by atoms with Crippen LogP contribution >= 0.6 is 11.8 Å². The maximum Gasteiger partial charge on any atom is 0.237 e. The van der Waals surface area contributed by atoms with Crippen molar-refractivity contribution in [3.05, 3.63) is 59.9 Å². The lowest BCUT2D eigenvalue weighted by atomic mass is 10.0. The van der Waals surface area contributed by atoms with Gasteiger partial charge >= 0.3 is 0 Å². The summed E-state index contributed by atoms with van der Waals surface area (Å²) in [6, 6.07) is 13.9. The van der Waals surface area contributed by atoms with Crippen molar-refractivity contribution >= 4 is 23.4 Å². The fourth-order valence-electron chi connectivity index (χ4n) is 2.74. The van der Waals surface area contributed by atoms with Crippen LogP contribution in [0.5, 0.6) is 0 Å². The molecule has 2 aromatic carbocycles. The highest BCUT2D eigenvalue weighted by molar-refractivity contribution is 8.00. The zero-order valence-electron chi connectivity index (χ0n) is 15.9. The van der Waals surface area contributed by atoms with E-state index in [4.69, 9.17) is 5.84 Å². The predicted octanol–water partition coefficient (Wildman–Crippen LogP) is 4.04. The first-order valence-electron chi connectivity index (χ1n) is 8.90. The number of carbonyl (C=O) groups excluding carboxylic acids is 1. The maximum absolute atomic E-state index is 14.0. The van der Waals surface area contributed by atoms with Crippen LogP contribution in [-0.4, -0.2) is 26.0 Å². The molecule has 0 radical (unpaired) electrons.